The van der Waals surface area contributed by atoms with E-state index in [2.05, 4.69) is 21.3 Å². The van der Waals surface area contributed by atoms with E-state index in [-0.39, 0.29) is 0 Å². The van der Waals surface area contributed by atoms with Gasteiger partial charge in [-0.25, -0.2) is 0 Å². The Balaban J connectivity index is 1.15. The molecule has 0 aliphatic carbocycles. The van der Waals surface area contributed by atoms with E-state index in [4.69, 9.17) is 75.8 Å². The third kappa shape index (κ3) is 21.0. The number of hydrogen-bond donors (Lipinski definition) is 28. The van der Waals surface area contributed by atoms with Crippen molar-refractivity contribution in [2.24, 2.45) is 0 Å². The fourth-order valence-corrected chi connectivity index (χ4v) is 13.8. The molecule has 8 aliphatic heterocycles. The van der Waals surface area contributed by atoms with Crippen molar-refractivity contribution >= 4 is 23.6 Å². The Kier molecular flexibility index (Phi) is 33.7. The van der Waals surface area contributed by atoms with Crippen LogP contribution in [0.1, 0.15) is 41.5 Å². The number of nitrogens with one attached hydrogen (secondary N) is 4. The molecular formula is C62H106N4O44. The van der Waals surface area contributed by atoms with E-state index in [0.29, 0.717) is 0 Å². The van der Waals surface area contributed by atoms with E-state index in [1.54, 1.807) is 0 Å². The first kappa shape index (κ1) is 91.8. The van der Waals surface area contributed by atoms with Crippen molar-refractivity contribution in [3.05, 3.63) is 0 Å². The monoisotopic (exact) mass is 1610 g/mol. The van der Waals surface area contributed by atoms with Gasteiger partial charge in [0.2, 0.25) is 23.6 Å². The highest BCUT2D eigenvalue weighted by atomic mass is 16.8. The molecular weight excluding hydrogens is 1500 g/mol. The number of carbonyl (C=O) groups is 4. The van der Waals surface area contributed by atoms with Crippen LogP contribution in [0.5, 0.6) is 0 Å². The van der Waals surface area contributed by atoms with Crippen molar-refractivity contribution in [2.45, 2.75) is 311 Å². The first-order valence-electron chi connectivity index (χ1n) is 35.3. The number of ether oxygens (including phenoxy) is 16. The second-order valence-corrected chi connectivity index (χ2v) is 27.9. The average molecular weight is 1610 g/mol. The lowest BCUT2D eigenvalue weighted by molar-refractivity contribution is -0.389. The molecule has 8 rings (SSSR count). The molecule has 638 valence electrons. The molecule has 0 aromatic heterocycles. The van der Waals surface area contributed by atoms with Gasteiger partial charge in [-0.05, 0) is 13.8 Å². The standard InChI is InChI=1S/C62H106N4O44/c1-15-32(78)42(88)46(92)58(97-15)109-53-44(90)36(82)24(9-69)101-61(53)106-50-27(12-72)103-56(30(41(50)87)65-19(5)75)96-14-28-39(85)52(48(94)60(104-28)105-49(21(7-67)63-17(3)73)34(80)22(77)13-95-55-29(64-18(4)74)40(86)35(81)23(8-68)99-55)108-57-31(66-20(6)76)51(38(84)26(11-71)100-57)107-62-54(45(91)37(83)25(10-70)102-62)110-59-47(93)43(89)33(79)16(2)98-59/h15-16,21-62,67-72,77-94H,7-14H2,1-6H3,(H,63,73)(H,64,74)(H,65,75)(H,66,76)/t15-,16-,21-,22+,23+,24+,25+,26+,27+,28+,29+,30+,31+,32+,33+,34-,35+,36-,37-,38+,39-,40+,41+,42+,43+,44-,45-,46-,47-,48+,49+,50+,51+,52-,53+,54+,55+,56+,57-,58-,59-,60-,61-,62-/m0/s1. The summed E-state index contributed by atoms with van der Waals surface area (Å²) in [6.45, 7) is -2.50. The van der Waals surface area contributed by atoms with Crippen LogP contribution >= 0.6 is 0 Å². The number of rotatable bonds is 31. The minimum absolute atomic E-state index is 0.799. The van der Waals surface area contributed by atoms with E-state index >= 15 is 0 Å². The third-order valence-corrected chi connectivity index (χ3v) is 19.9. The first-order chi connectivity index (χ1) is 51.9. The lowest BCUT2D eigenvalue weighted by atomic mass is 9.94. The smallest absolute Gasteiger partial charge is 0.217 e. The summed E-state index contributed by atoms with van der Waals surface area (Å²) in [6.07, 6.45) is -80.9. The highest BCUT2D eigenvalue weighted by Crippen LogP contribution is 2.39. The molecule has 0 spiro atoms. The van der Waals surface area contributed by atoms with Crippen LogP contribution in [0.2, 0.25) is 0 Å². The quantitative estimate of drug-likeness (QED) is 0.0306. The van der Waals surface area contributed by atoms with Crippen LogP contribution in [0, 0.1) is 0 Å². The molecule has 8 heterocycles. The molecule has 0 aromatic rings. The Morgan fingerprint density at radius 3 is 1.18 bits per heavy atom. The summed E-state index contributed by atoms with van der Waals surface area (Å²) in [7, 11) is 0. The molecule has 8 fully saturated rings. The van der Waals surface area contributed by atoms with Gasteiger partial charge >= 0.3 is 0 Å². The zero-order valence-electron chi connectivity index (χ0n) is 60.0. The summed E-state index contributed by atoms with van der Waals surface area (Å²) in [6, 6.07) is -7.47. The topological polar surface area (TPSA) is 750 Å². The summed E-state index contributed by atoms with van der Waals surface area (Å²) in [5.41, 5.74) is 0. The zero-order valence-corrected chi connectivity index (χ0v) is 60.0. The summed E-state index contributed by atoms with van der Waals surface area (Å²) >= 11 is 0. The second-order valence-electron chi connectivity index (χ2n) is 27.9. The minimum Gasteiger partial charge on any atom is -0.394 e. The van der Waals surface area contributed by atoms with Gasteiger partial charge in [0.05, 0.1) is 71.1 Å². The minimum atomic E-state index is -2.58. The highest BCUT2D eigenvalue weighted by Gasteiger charge is 2.60. The molecule has 8 aliphatic rings. The molecule has 48 nitrogen and oxygen atoms in total. The van der Waals surface area contributed by atoms with Gasteiger partial charge in [-0.1, -0.05) is 0 Å². The van der Waals surface area contributed by atoms with E-state index < -0.39 is 346 Å². The largest absolute Gasteiger partial charge is 0.394 e. The lowest BCUT2D eigenvalue weighted by Gasteiger charge is -2.51. The number of hydrogen-bond acceptors (Lipinski definition) is 44. The molecule has 0 bridgehead atoms. The maximum atomic E-state index is 13.4. The van der Waals surface area contributed by atoms with Crippen molar-refractivity contribution in [3.8, 4) is 0 Å². The molecule has 110 heavy (non-hydrogen) atoms. The van der Waals surface area contributed by atoms with E-state index in [9.17, 15) is 142 Å². The van der Waals surface area contributed by atoms with Crippen LogP contribution in [0.15, 0.2) is 0 Å². The van der Waals surface area contributed by atoms with Crippen molar-refractivity contribution < 1.29 is 218 Å². The van der Waals surface area contributed by atoms with Gasteiger partial charge in [0, 0.05) is 27.7 Å². The fourth-order valence-electron chi connectivity index (χ4n) is 13.8. The normalized spacial score (nSPS) is 46.6. The molecule has 44 atom stereocenters. The van der Waals surface area contributed by atoms with E-state index in [1.165, 1.54) is 13.8 Å². The van der Waals surface area contributed by atoms with Crippen LogP contribution in [0.4, 0.5) is 0 Å². The summed E-state index contributed by atoms with van der Waals surface area (Å²) < 4.78 is 94.6. The third-order valence-electron chi connectivity index (χ3n) is 19.9. The molecule has 4 amide bonds. The summed E-state index contributed by atoms with van der Waals surface area (Å²) in [4.78, 5) is 51.5. The van der Waals surface area contributed by atoms with Crippen molar-refractivity contribution in [1.82, 2.24) is 21.3 Å². The van der Waals surface area contributed by atoms with E-state index in [1.807, 2.05) is 0 Å². The van der Waals surface area contributed by atoms with Gasteiger partial charge in [-0.15, -0.1) is 0 Å². The SMILES string of the molecule is CC(=O)N[C@H]1[C@H](OC[C@H]2O[C@@H](O[C@@H]([C@@H](O)[C@H](O)CO[C@@H]3O[C@H](CO)[C@@H](O)[C@H](O)[C@H]3NC(C)=O)[C@H](CO)NC(C)=O)[C@H](O)[C@@H](O[C@@H]3O[C@H](CO)[C@@H](O)[C@H](O[C@@H]4O[C@H](CO)[C@H](O)[C@H](O)[C@H]4O[C@@H]4O[C@@H](C)[C@@H](O)[C@@H](O)[C@@H]4O)[C@H]3NC(C)=O)[C@H]2O)O[C@H](CO)[C@@H](O[C@@H]2O[C@H](CO)[C@H](O)[C@H](O)[C@H]2O[C@@H]2O[C@@H](C)[C@@H](O)[C@@H](O)[C@@H]2O)[C@@H]1O. The van der Waals surface area contributed by atoms with Crippen molar-refractivity contribution in [2.75, 3.05) is 52.9 Å². The van der Waals surface area contributed by atoms with Gasteiger partial charge in [0.1, 0.15) is 201 Å². The molecule has 0 saturated carbocycles. The Hall–Kier alpha value is -3.72. The molecule has 48 heteroatoms. The molecule has 8 saturated heterocycles. The molecule has 28 N–H and O–H groups in total. The first-order valence-corrected chi connectivity index (χ1v) is 35.3. The van der Waals surface area contributed by atoms with Gasteiger partial charge in [-0.3, -0.25) is 19.2 Å². The average Bonchev–Trinajstić information content (AvgIpc) is 0.773. The predicted octanol–water partition coefficient (Wildman–Crippen LogP) is -18.4. The fraction of sp³-hybridized carbons (Fsp3) is 0.935. The van der Waals surface area contributed by atoms with Crippen LogP contribution in [-0.2, 0) is 95.0 Å². The van der Waals surface area contributed by atoms with Crippen molar-refractivity contribution in [1.29, 1.82) is 0 Å². The molecule has 0 aromatic carbocycles. The van der Waals surface area contributed by atoms with Crippen molar-refractivity contribution in [3.63, 3.8) is 0 Å². The van der Waals surface area contributed by atoms with Crippen LogP contribution in [0.25, 0.3) is 0 Å². The number of carbonyl (C=O) groups excluding carboxylic acids is 4. The number of aliphatic hydroxyl groups excluding tert-OH is 24. The second kappa shape index (κ2) is 40.4. The molecule has 0 radical (unpaired) electrons. The maximum Gasteiger partial charge on any atom is 0.217 e. The lowest BCUT2D eigenvalue weighted by Crippen LogP contribution is -2.70. The Bertz CT molecular complexity index is 2880. The maximum absolute atomic E-state index is 13.4. The molecule has 0 unspecified atom stereocenters. The van der Waals surface area contributed by atoms with Gasteiger partial charge in [0.15, 0.2) is 50.3 Å². The Labute approximate surface area is 625 Å². The number of aliphatic hydroxyl groups is 24. The Morgan fingerprint density at radius 2 is 0.718 bits per heavy atom. The highest BCUT2D eigenvalue weighted by molar-refractivity contribution is 5.74. The van der Waals surface area contributed by atoms with Gasteiger partial charge in [-0.2, -0.15) is 0 Å². The summed E-state index contributed by atoms with van der Waals surface area (Å²) in [5.74, 6) is -3.71. The zero-order chi connectivity index (χ0) is 81.5. The number of amides is 4. The van der Waals surface area contributed by atoms with Crippen LogP contribution in [0.3, 0.4) is 0 Å². The van der Waals surface area contributed by atoms with E-state index in [0.717, 1.165) is 27.7 Å². The van der Waals surface area contributed by atoms with Gasteiger partial charge < -0.3 is 220 Å². The van der Waals surface area contributed by atoms with Crippen LogP contribution in [-0.4, -0.2) is 469 Å². The Morgan fingerprint density at radius 1 is 0.336 bits per heavy atom. The van der Waals surface area contributed by atoms with Gasteiger partial charge in [0.25, 0.3) is 0 Å². The summed E-state index contributed by atoms with van der Waals surface area (Å²) in [5, 5.41) is 276. The van der Waals surface area contributed by atoms with Crippen LogP contribution < -0.4 is 21.3 Å². The predicted molar refractivity (Wildman–Crippen MR) is 343 cm³/mol.